The number of nitriles is 2. The Morgan fingerprint density at radius 1 is 0.949 bits per heavy atom. The second-order valence-corrected chi connectivity index (χ2v) is 11.6. The van der Waals surface area contributed by atoms with Gasteiger partial charge >= 0.3 is 6.09 Å². The third-order valence-corrected chi connectivity index (χ3v) is 6.08. The molecule has 0 saturated carbocycles. The minimum Gasteiger partial charge on any atom is -0.487 e. The average Bonchev–Trinajstić information content (AvgIpc) is 2.86. The van der Waals surface area contributed by atoms with Crippen LogP contribution in [0.2, 0.25) is 0 Å². The summed E-state index contributed by atoms with van der Waals surface area (Å²) in [4.78, 5) is 20.0. The Balaban J connectivity index is 2.09. The Hall–Kier alpha value is -4.36. The van der Waals surface area contributed by atoms with Gasteiger partial charge in [-0.3, -0.25) is 9.88 Å². The highest BCUT2D eigenvalue weighted by atomic mass is 16.6. The Morgan fingerprint density at radius 2 is 1.59 bits per heavy atom. The van der Waals surface area contributed by atoms with Crippen molar-refractivity contribution in [2.75, 3.05) is 4.90 Å². The average molecular weight is 525 g/mol. The molecular weight excluding hydrogens is 488 g/mol. The van der Waals surface area contributed by atoms with E-state index in [9.17, 15) is 15.3 Å². The van der Waals surface area contributed by atoms with Crippen molar-refractivity contribution in [1.29, 1.82) is 10.5 Å². The fourth-order valence-corrected chi connectivity index (χ4v) is 4.24. The molecule has 3 aromatic rings. The smallest absolute Gasteiger partial charge is 0.415 e. The van der Waals surface area contributed by atoms with Crippen molar-refractivity contribution in [1.82, 2.24) is 4.98 Å². The third-order valence-electron chi connectivity index (χ3n) is 6.08. The summed E-state index contributed by atoms with van der Waals surface area (Å²) in [6.45, 7) is 16.1. The van der Waals surface area contributed by atoms with E-state index in [4.69, 9.17) is 14.5 Å². The molecule has 202 valence electrons. The highest BCUT2D eigenvalue weighted by Gasteiger charge is 2.30. The Bertz CT molecular complexity index is 1430. The quantitative estimate of drug-likeness (QED) is 0.336. The maximum atomic E-state index is 13.5. The van der Waals surface area contributed by atoms with Crippen LogP contribution < -0.4 is 9.64 Å². The van der Waals surface area contributed by atoms with Gasteiger partial charge in [-0.2, -0.15) is 10.5 Å². The molecule has 0 N–H and O–H groups in total. The second-order valence-electron chi connectivity index (χ2n) is 11.6. The van der Waals surface area contributed by atoms with E-state index in [1.165, 1.54) is 0 Å². The summed E-state index contributed by atoms with van der Waals surface area (Å²) in [5.41, 5.74) is 4.91. The highest BCUT2D eigenvalue weighted by Crippen LogP contribution is 2.35. The van der Waals surface area contributed by atoms with E-state index in [1.807, 2.05) is 46.8 Å². The number of rotatable bonds is 6. The van der Waals surface area contributed by atoms with Crippen LogP contribution in [0.1, 0.15) is 80.7 Å². The second kappa shape index (κ2) is 11.6. The van der Waals surface area contributed by atoms with Crippen molar-refractivity contribution in [3.05, 3.63) is 87.7 Å². The number of carbonyl (C=O) groups excluding carboxylic acids is 1. The number of aromatic nitrogens is 1. The molecule has 0 spiro atoms. The zero-order chi connectivity index (χ0) is 29.0. The molecule has 1 aromatic heterocycles. The van der Waals surface area contributed by atoms with Crippen LogP contribution in [0.25, 0.3) is 0 Å². The van der Waals surface area contributed by atoms with Crippen LogP contribution in [0.3, 0.4) is 0 Å². The summed E-state index contributed by atoms with van der Waals surface area (Å²) in [7, 11) is 0. The summed E-state index contributed by atoms with van der Waals surface area (Å²) < 4.78 is 12.1. The fraction of sp³-hybridized carbons (Fsp3) is 0.375. The Morgan fingerprint density at radius 3 is 2.15 bits per heavy atom. The van der Waals surface area contributed by atoms with E-state index in [0.29, 0.717) is 22.6 Å². The molecule has 1 amide bonds. The zero-order valence-corrected chi connectivity index (χ0v) is 24.0. The van der Waals surface area contributed by atoms with E-state index >= 15 is 0 Å². The van der Waals surface area contributed by atoms with Gasteiger partial charge < -0.3 is 9.47 Å². The molecule has 0 saturated heterocycles. The molecule has 0 aliphatic rings. The lowest BCUT2D eigenvalue weighted by Crippen LogP contribution is -2.37. The minimum absolute atomic E-state index is 0.201. The predicted octanol–water partition coefficient (Wildman–Crippen LogP) is 7.26. The number of anilines is 1. The number of nitrogens with zero attached hydrogens (tertiary/aromatic N) is 4. The molecule has 0 aliphatic heterocycles. The number of hydrogen-bond donors (Lipinski definition) is 0. The van der Waals surface area contributed by atoms with E-state index in [1.54, 1.807) is 41.3 Å². The van der Waals surface area contributed by atoms with Crippen LogP contribution in [-0.4, -0.2) is 16.7 Å². The van der Waals surface area contributed by atoms with Crippen molar-refractivity contribution < 1.29 is 14.3 Å². The normalized spacial score (nSPS) is 11.3. The zero-order valence-electron chi connectivity index (χ0n) is 24.0. The summed E-state index contributed by atoms with van der Waals surface area (Å²) in [5.74, 6) is 0.643. The minimum atomic E-state index is -0.693. The van der Waals surface area contributed by atoms with Crippen molar-refractivity contribution in [3.8, 4) is 17.9 Å². The molecule has 7 nitrogen and oxygen atoms in total. The van der Waals surface area contributed by atoms with Crippen LogP contribution in [0.15, 0.2) is 48.5 Å². The first-order chi connectivity index (χ1) is 18.2. The SMILES string of the molecule is Cc1nc(C(C)(C)C)c(CN(C(=O)OC(C)(C)C)c2ccc(C#N)cc2)c(C)c1OCc1cccc(C#N)c1. The molecule has 39 heavy (non-hydrogen) atoms. The number of aryl methyl sites for hydroxylation is 1. The Kier molecular flexibility index (Phi) is 8.67. The van der Waals surface area contributed by atoms with E-state index in [0.717, 1.165) is 28.1 Å². The molecule has 2 aromatic carbocycles. The van der Waals surface area contributed by atoms with E-state index < -0.39 is 11.7 Å². The van der Waals surface area contributed by atoms with Crippen LogP contribution in [-0.2, 0) is 23.3 Å². The summed E-state index contributed by atoms with van der Waals surface area (Å²) in [5, 5.41) is 18.5. The van der Waals surface area contributed by atoms with Crippen molar-refractivity contribution >= 4 is 11.8 Å². The fourth-order valence-electron chi connectivity index (χ4n) is 4.24. The number of ether oxygens (including phenoxy) is 2. The molecule has 0 unspecified atom stereocenters. The molecule has 1 heterocycles. The van der Waals surface area contributed by atoms with Crippen molar-refractivity contribution in [3.63, 3.8) is 0 Å². The molecule has 7 heteroatoms. The van der Waals surface area contributed by atoms with Gasteiger partial charge in [0.1, 0.15) is 18.0 Å². The highest BCUT2D eigenvalue weighted by molar-refractivity contribution is 5.88. The first kappa shape index (κ1) is 29.2. The van der Waals surface area contributed by atoms with Gasteiger partial charge in [0, 0.05) is 16.7 Å². The predicted molar refractivity (Wildman–Crippen MR) is 151 cm³/mol. The third kappa shape index (κ3) is 7.36. The van der Waals surface area contributed by atoms with Crippen LogP contribution in [0.5, 0.6) is 5.75 Å². The number of hydrogen-bond acceptors (Lipinski definition) is 6. The largest absolute Gasteiger partial charge is 0.487 e. The van der Waals surface area contributed by atoms with Gasteiger partial charge in [-0.1, -0.05) is 32.9 Å². The lowest BCUT2D eigenvalue weighted by molar-refractivity contribution is 0.0577. The standard InChI is InChI=1S/C32H36N4O3/c1-21-27(19-36(30(37)39-32(6,7)8)26-14-12-23(17-33)13-15-26)29(31(3,4)5)35-22(2)28(21)38-20-25-11-9-10-24(16-25)18-34/h9-16H,19-20H2,1-8H3. The first-order valence-electron chi connectivity index (χ1n) is 12.9. The molecule has 0 fully saturated rings. The number of pyridine rings is 1. The van der Waals surface area contributed by atoms with Crippen molar-refractivity contribution in [2.24, 2.45) is 0 Å². The number of amides is 1. The maximum absolute atomic E-state index is 13.5. The van der Waals surface area contributed by atoms with E-state index in [-0.39, 0.29) is 18.6 Å². The van der Waals surface area contributed by atoms with Gasteiger partial charge in [-0.15, -0.1) is 0 Å². The van der Waals surface area contributed by atoms with Crippen molar-refractivity contribution in [2.45, 2.75) is 79.6 Å². The molecule has 0 bridgehead atoms. The molecule has 0 radical (unpaired) electrons. The Labute approximate surface area is 231 Å². The van der Waals surface area contributed by atoms with Crippen LogP contribution in [0.4, 0.5) is 10.5 Å². The molecule has 0 atom stereocenters. The summed E-state index contributed by atoms with van der Waals surface area (Å²) in [6.07, 6.45) is -0.497. The molecule has 3 rings (SSSR count). The van der Waals surface area contributed by atoms with Gasteiger partial charge in [-0.25, -0.2) is 4.79 Å². The lowest BCUT2D eigenvalue weighted by Gasteiger charge is -2.31. The number of carbonyl (C=O) groups is 1. The van der Waals surface area contributed by atoms with Gasteiger partial charge in [0.25, 0.3) is 0 Å². The molecule has 0 aliphatic carbocycles. The van der Waals surface area contributed by atoms with Crippen LogP contribution in [0, 0.1) is 36.5 Å². The molecular formula is C32H36N4O3. The summed E-state index contributed by atoms with van der Waals surface area (Å²) in [6, 6.07) is 18.4. The van der Waals surface area contributed by atoms with Gasteiger partial charge in [0.15, 0.2) is 0 Å². The lowest BCUT2D eigenvalue weighted by atomic mass is 9.86. The van der Waals surface area contributed by atoms with Crippen LogP contribution >= 0.6 is 0 Å². The van der Waals surface area contributed by atoms with Gasteiger partial charge in [-0.05, 0) is 82.1 Å². The first-order valence-corrected chi connectivity index (χ1v) is 12.9. The van der Waals surface area contributed by atoms with Gasteiger partial charge in [0.2, 0.25) is 0 Å². The van der Waals surface area contributed by atoms with Gasteiger partial charge in [0.05, 0.1) is 41.2 Å². The maximum Gasteiger partial charge on any atom is 0.415 e. The number of benzene rings is 2. The van der Waals surface area contributed by atoms with E-state index in [2.05, 4.69) is 32.9 Å². The monoisotopic (exact) mass is 524 g/mol. The topological polar surface area (TPSA) is 99.2 Å². The summed E-state index contributed by atoms with van der Waals surface area (Å²) >= 11 is 0.